The van der Waals surface area contributed by atoms with Gasteiger partial charge in [-0.05, 0) is 67.7 Å². The van der Waals surface area contributed by atoms with E-state index in [1.54, 1.807) is 65.2 Å². The monoisotopic (exact) mass is 589 g/mol. The Hall–Kier alpha value is -4.22. The molecule has 2 fully saturated rings. The van der Waals surface area contributed by atoms with Crippen LogP contribution in [0.25, 0.3) is 11.1 Å². The maximum atomic E-state index is 14.0. The zero-order chi connectivity index (χ0) is 31.8. The maximum absolute atomic E-state index is 14.0. The molecule has 11 heteroatoms. The van der Waals surface area contributed by atoms with Crippen LogP contribution in [0.1, 0.15) is 43.1 Å². The number of benzene rings is 2. The van der Waals surface area contributed by atoms with Gasteiger partial charge in [-0.1, -0.05) is 39.0 Å². The summed E-state index contributed by atoms with van der Waals surface area (Å²) in [6.07, 6.45) is 0.120. The van der Waals surface area contributed by atoms with E-state index in [0.29, 0.717) is 22.4 Å². The fourth-order valence-electron chi connectivity index (χ4n) is 6.93. The molecule has 2 saturated carbocycles. The Labute approximate surface area is 248 Å². The highest BCUT2D eigenvalue weighted by molar-refractivity contribution is 6.32. The average molecular weight is 590 g/mol. The van der Waals surface area contributed by atoms with Crippen LogP contribution >= 0.6 is 0 Å². The fourth-order valence-corrected chi connectivity index (χ4v) is 6.93. The first-order valence-corrected chi connectivity index (χ1v) is 14.1. The quantitative estimate of drug-likeness (QED) is 0.384. The summed E-state index contributed by atoms with van der Waals surface area (Å²) in [6.45, 7) is 5.41. The second-order valence-corrected chi connectivity index (χ2v) is 13.1. The van der Waals surface area contributed by atoms with Gasteiger partial charge in [0.05, 0.1) is 17.5 Å². The molecule has 43 heavy (non-hydrogen) atoms. The number of hydrogen-bond donors (Lipinski definition) is 4. The number of primary amides is 1. The number of phenols is 1. The van der Waals surface area contributed by atoms with Gasteiger partial charge in [0.25, 0.3) is 0 Å². The van der Waals surface area contributed by atoms with E-state index in [1.165, 1.54) is 11.0 Å². The van der Waals surface area contributed by atoms with Gasteiger partial charge in [-0.3, -0.25) is 33.7 Å². The van der Waals surface area contributed by atoms with Crippen LogP contribution in [-0.4, -0.2) is 75.8 Å². The lowest BCUT2D eigenvalue weighted by Gasteiger charge is -2.52. The minimum Gasteiger partial charge on any atom is -0.507 e. The van der Waals surface area contributed by atoms with Crippen LogP contribution in [-0.2, 0) is 30.4 Å². The summed E-state index contributed by atoms with van der Waals surface area (Å²) in [5.41, 5.74) is 4.35. The molecule has 226 valence electrons. The minimum absolute atomic E-state index is 0.0310. The first-order valence-electron chi connectivity index (χ1n) is 14.1. The minimum atomic E-state index is -2.77. The van der Waals surface area contributed by atoms with Crippen LogP contribution in [0.4, 0.5) is 5.69 Å². The number of aromatic hydroxyl groups is 1. The van der Waals surface area contributed by atoms with E-state index in [9.17, 15) is 39.0 Å². The molecule has 0 saturated heterocycles. The molecule has 0 spiro atoms. The number of nitrogens with one attached hydrogen (secondary N) is 1. The summed E-state index contributed by atoms with van der Waals surface area (Å²) < 4.78 is 0. The number of nitrogens with two attached hydrogens (primary N) is 1. The van der Waals surface area contributed by atoms with Crippen LogP contribution in [0.5, 0.6) is 5.75 Å². The molecule has 0 radical (unpaired) electrons. The Morgan fingerprint density at radius 2 is 1.63 bits per heavy atom. The standard InChI is InChI=1S/C32H35N3O8/c1-31(2,3)30(42)34-16-8-6-14(7-9-16)17-10-11-20(36)22-18(17)12-15-13-19-24(35(4)5)26(38)23(29(33)41)28(40)32(19,43)27(39)21(15)25(22)37/h6-11,15,19,21,23-24,36,43H,12-13H2,1-5H3,(H2,33,41)(H,34,42)/t15-,19-,21?,23?,24+,32-/m0/s1. The van der Waals surface area contributed by atoms with Crippen molar-refractivity contribution in [3.63, 3.8) is 0 Å². The van der Waals surface area contributed by atoms with Gasteiger partial charge in [0.2, 0.25) is 11.8 Å². The lowest BCUT2D eigenvalue weighted by molar-refractivity contribution is -0.181. The van der Waals surface area contributed by atoms with Crippen molar-refractivity contribution in [2.24, 2.45) is 34.8 Å². The third-order valence-corrected chi connectivity index (χ3v) is 9.08. The smallest absolute Gasteiger partial charge is 0.235 e. The van der Waals surface area contributed by atoms with E-state index in [-0.39, 0.29) is 30.1 Å². The number of nitrogens with zero attached hydrogens (tertiary/aromatic N) is 1. The second kappa shape index (κ2) is 10.2. The van der Waals surface area contributed by atoms with Crippen molar-refractivity contribution in [1.29, 1.82) is 0 Å². The van der Waals surface area contributed by atoms with Gasteiger partial charge in [-0.25, -0.2) is 0 Å². The zero-order valence-corrected chi connectivity index (χ0v) is 24.6. The van der Waals surface area contributed by atoms with Crippen molar-refractivity contribution in [3.05, 3.63) is 47.5 Å². The Kier molecular flexibility index (Phi) is 7.18. The van der Waals surface area contributed by atoms with Crippen LogP contribution in [0.2, 0.25) is 0 Å². The molecule has 0 aromatic heterocycles. The molecule has 2 amide bonds. The molecule has 5 N–H and O–H groups in total. The van der Waals surface area contributed by atoms with E-state index in [1.807, 2.05) is 0 Å². The summed E-state index contributed by atoms with van der Waals surface area (Å²) in [5, 5.41) is 25.3. The van der Waals surface area contributed by atoms with Crippen LogP contribution in [0.15, 0.2) is 36.4 Å². The van der Waals surface area contributed by atoms with Crippen molar-refractivity contribution in [3.8, 4) is 16.9 Å². The highest BCUT2D eigenvalue weighted by Crippen LogP contribution is 2.51. The topological polar surface area (TPSA) is 184 Å². The number of likely N-dealkylation sites (N-methyl/N-ethyl adjacent to an activating group) is 1. The maximum Gasteiger partial charge on any atom is 0.235 e. The third-order valence-electron chi connectivity index (χ3n) is 9.08. The molecule has 0 bridgehead atoms. The molecule has 11 nitrogen and oxygen atoms in total. The van der Waals surface area contributed by atoms with Gasteiger partial charge in [-0.2, -0.15) is 0 Å². The zero-order valence-electron chi connectivity index (χ0n) is 24.6. The summed E-state index contributed by atoms with van der Waals surface area (Å²) >= 11 is 0. The number of rotatable bonds is 4. The molecular weight excluding hydrogens is 554 g/mol. The number of phenolic OH excluding ortho intramolecular Hbond substituents is 1. The summed E-state index contributed by atoms with van der Waals surface area (Å²) in [5.74, 6) is -11.0. The van der Waals surface area contributed by atoms with Crippen molar-refractivity contribution in [2.75, 3.05) is 19.4 Å². The van der Waals surface area contributed by atoms with Gasteiger partial charge in [0, 0.05) is 17.0 Å². The lowest BCUT2D eigenvalue weighted by Crippen LogP contribution is -2.74. The predicted molar refractivity (Wildman–Crippen MR) is 155 cm³/mol. The molecule has 3 aliphatic carbocycles. The van der Waals surface area contributed by atoms with Gasteiger partial charge >= 0.3 is 0 Å². The van der Waals surface area contributed by atoms with Crippen LogP contribution in [0, 0.1) is 29.1 Å². The first kappa shape index (κ1) is 30.2. The summed E-state index contributed by atoms with van der Waals surface area (Å²) in [4.78, 5) is 80.5. The number of carbonyl (C=O) groups is 6. The Bertz CT molecular complexity index is 1590. The van der Waals surface area contributed by atoms with Crippen molar-refractivity contribution >= 4 is 40.6 Å². The second-order valence-electron chi connectivity index (χ2n) is 13.1. The molecule has 2 aromatic carbocycles. The van der Waals surface area contributed by atoms with Crippen molar-refractivity contribution < 1.29 is 39.0 Å². The Morgan fingerprint density at radius 1 is 1.00 bits per heavy atom. The number of Topliss-reactive ketones (excluding diaryl/α,β-unsaturated/α-hetero) is 4. The van der Waals surface area contributed by atoms with Crippen LogP contribution in [0.3, 0.4) is 0 Å². The number of hydrogen-bond acceptors (Lipinski definition) is 9. The lowest BCUT2D eigenvalue weighted by atomic mass is 9.52. The van der Waals surface area contributed by atoms with E-state index in [0.717, 1.165) is 0 Å². The van der Waals surface area contributed by atoms with Gasteiger partial charge < -0.3 is 21.3 Å². The molecule has 2 aromatic rings. The van der Waals surface area contributed by atoms with Crippen LogP contribution < -0.4 is 11.1 Å². The molecule has 6 atom stereocenters. The van der Waals surface area contributed by atoms with Gasteiger partial charge in [-0.15, -0.1) is 0 Å². The largest absolute Gasteiger partial charge is 0.507 e. The number of carbonyl (C=O) groups excluding carboxylic acids is 6. The molecule has 0 heterocycles. The third kappa shape index (κ3) is 4.58. The van der Waals surface area contributed by atoms with E-state index >= 15 is 0 Å². The normalized spacial score (nSPS) is 28.7. The fraction of sp³-hybridized carbons (Fsp3) is 0.438. The average Bonchev–Trinajstić information content (AvgIpc) is 2.90. The number of aliphatic hydroxyl groups is 1. The Balaban J connectivity index is 1.56. The molecule has 5 rings (SSSR count). The van der Waals surface area contributed by atoms with Crippen molar-refractivity contribution in [1.82, 2.24) is 4.90 Å². The number of ketones is 4. The predicted octanol–water partition coefficient (Wildman–Crippen LogP) is 1.52. The summed E-state index contributed by atoms with van der Waals surface area (Å²) in [7, 11) is 3.08. The molecule has 0 aliphatic heterocycles. The SMILES string of the molecule is CN(C)[C@H]1C(=O)C(C(N)=O)C(=O)[C@@]2(O)C(=O)C3C(=O)c4c(O)ccc(-c5ccc(NC(=O)C(C)(C)C)cc5)c4C[C@H]3C[C@@H]12. The highest BCUT2D eigenvalue weighted by atomic mass is 16.3. The van der Waals surface area contributed by atoms with E-state index in [2.05, 4.69) is 5.32 Å². The number of anilines is 1. The van der Waals surface area contributed by atoms with Crippen molar-refractivity contribution in [2.45, 2.75) is 45.3 Å². The summed E-state index contributed by atoms with van der Waals surface area (Å²) in [6, 6.07) is 8.86. The molecular formula is C32H35N3O8. The first-order chi connectivity index (χ1) is 20.0. The van der Waals surface area contributed by atoms with E-state index in [4.69, 9.17) is 5.73 Å². The van der Waals surface area contributed by atoms with E-state index < -0.39 is 69.8 Å². The van der Waals surface area contributed by atoms with Gasteiger partial charge in [0.1, 0.15) is 5.75 Å². The highest BCUT2D eigenvalue weighted by Gasteiger charge is 2.69. The number of fused-ring (bicyclic) bond motifs is 3. The molecule has 3 aliphatic rings. The molecule has 2 unspecified atom stereocenters. The number of amides is 2. The van der Waals surface area contributed by atoms with Gasteiger partial charge in [0.15, 0.2) is 34.7 Å². The Morgan fingerprint density at radius 3 is 2.19 bits per heavy atom.